The lowest BCUT2D eigenvalue weighted by atomic mass is 10.0. The Kier molecular flexibility index (Phi) is 7.13. The maximum Gasteiger partial charge on any atom is 0.227 e. The fourth-order valence-corrected chi connectivity index (χ4v) is 2.37. The van der Waals surface area contributed by atoms with Crippen molar-refractivity contribution < 1.29 is 14.1 Å². The molecule has 25 heavy (non-hydrogen) atoms. The second-order valence-corrected chi connectivity index (χ2v) is 6.30. The van der Waals surface area contributed by atoms with Gasteiger partial charge in [-0.25, -0.2) is 0 Å². The Labute approximate surface area is 149 Å². The number of aryl methyl sites for hydroxylation is 1. The minimum atomic E-state index is 0.0424. The molecule has 0 saturated carbocycles. The number of hydrogen-bond donors (Lipinski definition) is 0. The number of ether oxygens (including phenoxy) is 1. The third kappa shape index (κ3) is 5.67. The van der Waals surface area contributed by atoms with Crippen LogP contribution >= 0.6 is 0 Å². The third-order valence-corrected chi connectivity index (χ3v) is 4.06. The fraction of sp³-hybridized carbons (Fsp3) is 0.526. The lowest BCUT2D eigenvalue weighted by molar-refractivity contribution is -0.130. The van der Waals surface area contributed by atoms with E-state index in [1.54, 1.807) is 11.9 Å². The highest BCUT2D eigenvalue weighted by Crippen LogP contribution is 2.20. The van der Waals surface area contributed by atoms with Gasteiger partial charge in [0.05, 0.1) is 6.61 Å². The van der Waals surface area contributed by atoms with E-state index in [-0.39, 0.29) is 5.91 Å². The summed E-state index contributed by atoms with van der Waals surface area (Å²) in [5.41, 5.74) is 2.19. The Morgan fingerprint density at radius 2 is 2.00 bits per heavy atom. The van der Waals surface area contributed by atoms with Crippen LogP contribution < -0.4 is 0 Å². The molecule has 0 aliphatic rings. The number of carbonyl (C=O) groups is 1. The quantitative estimate of drug-likeness (QED) is 0.652. The van der Waals surface area contributed by atoms with Gasteiger partial charge in [0.15, 0.2) is 0 Å². The van der Waals surface area contributed by atoms with Gasteiger partial charge in [-0.3, -0.25) is 4.79 Å². The molecule has 1 aromatic carbocycles. The van der Waals surface area contributed by atoms with Crippen molar-refractivity contribution in [3.63, 3.8) is 0 Å². The fourth-order valence-electron chi connectivity index (χ4n) is 2.37. The summed E-state index contributed by atoms with van der Waals surface area (Å²) in [6.45, 7) is 8.05. The number of carbonyl (C=O) groups excluding carboxylic acids is 1. The van der Waals surface area contributed by atoms with Crippen molar-refractivity contribution in [2.24, 2.45) is 0 Å². The molecular weight excluding hydrogens is 318 g/mol. The van der Waals surface area contributed by atoms with Crippen LogP contribution in [0.1, 0.15) is 44.6 Å². The van der Waals surface area contributed by atoms with E-state index in [0.717, 1.165) is 5.56 Å². The van der Waals surface area contributed by atoms with Crippen molar-refractivity contribution in [1.29, 1.82) is 0 Å². The van der Waals surface area contributed by atoms with Gasteiger partial charge in [-0.05, 0) is 18.4 Å². The van der Waals surface area contributed by atoms with Gasteiger partial charge in [0, 0.05) is 38.6 Å². The summed E-state index contributed by atoms with van der Waals surface area (Å²) >= 11 is 0. The average molecular weight is 345 g/mol. The molecule has 0 spiro atoms. The molecule has 0 bridgehead atoms. The Bertz CT molecular complexity index is 665. The predicted octanol–water partition coefficient (Wildman–Crippen LogP) is 3.29. The maximum absolute atomic E-state index is 12.1. The number of hydrogen-bond acceptors (Lipinski definition) is 5. The van der Waals surface area contributed by atoms with E-state index in [1.165, 1.54) is 5.56 Å². The van der Waals surface area contributed by atoms with Crippen LogP contribution in [0, 0.1) is 0 Å². The maximum atomic E-state index is 12.1. The van der Waals surface area contributed by atoms with Crippen molar-refractivity contribution in [3.05, 3.63) is 35.7 Å². The molecule has 0 radical (unpaired) electrons. The second-order valence-electron chi connectivity index (χ2n) is 6.30. The zero-order valence-electron chi connectivity index (χ0n) is 15.5. The van der Waals surface area contributed by atoms with E-state index in [2.05, 4.69) is 36.1 Å². The molecule has 1 aromatic heterocycles. The molecule has 1 amide bonds. The summed E-state index contributed by atoms with van der Waals surface area (Å²) in [5.74, 6) is 1.57. The zero-order valence-corrected chi connectivity index (χ0v) is 15.5. The highest BCUT2D eigenvalue weighted by atomic mass is 16.5. The van der Waals surface area contributed by atoms with Crippen LogP contribution in [0.2, 0.25) is 0 Å². The van der Waals surface area contributed by atoms with E-state index < -0.39 is 0 Å². The average Bonchev–Trinajstić information content (AvgIpc) is 3.08. The molecule has 6 nitrogen and oxygen atoms in total. The molecule has 2 aromatic rings. The SMILES string of the molecule is CCOCCN(C)C(=O)CCc1nc(-c2ccc(C(C)C)cc2)no1. The molecule has 0 aliphatic carbocycles. The monoisotopic (exact) mass is 345 g/mol. The van der Waals surface area contributed by atoms with Crippen molar-refractivity contribution in [2.45, 2.75) is 39.5 Å². The Morgan fingerprint density at radius 3 is 2.64 bits per heavy atom. The summed E-state index contributed by atoms with van der Waals surface area (Å²) < 4.78 is 10.5. The van der Waals surface area contributed by atoms with Crippen LogP contribution in [0.15, 0.2) is 28.8 Å². The van der Waals surface area contributed by atoms with Crippen LogP contribution in [0.5, 0.6) is 0 Å². The van der Waals surface area contributed by atoms with E-state index in [9.17, 15) is 4.79 Å². The summed E-state index contributed by atoms with van der Waals surface area (Å²) in [5, 5.41) is 4.01. The number of aromatic nitrogens is 2. The minimum Gasteiger partial charge on any atom is -0.380 e. The summed E-state index contributed by atoms with van der Waals surface area (Å²) in [4.78, 5) is 18.1. The van der Waals surface area contributed by atoms with Crippen molar-refractivity contribution in [2.75, 3.05) is 26.8 Å². The normalized spacial score (nSPS) is 11.1. The van der Waals surface area contributed by atoms with Crippen LogP contribution in [-0.2, 0) is 16.0 Å². The summed E-state index contributed by atoms with van der Waals surface area (Å²) in [6.07, 6.45) is 0.783. The minimum absolute atomic E-state index is 0.0424. The van der Waals surface area contributed by atoms with Gasteiger partial charge in [-0.1, -0.05) is 43.3 Å². The first kappa shape index (κ1) is 19.1. The molecule has 0 aliphatic heterocycles. The Hall–Kier alpha value is -2.21. The van der Waals surface area contributed by atoms with Crippen molar-refractivity contribution in [1.82, 2.24) is 15.0 Å². The zero-order chi connectivity index (χ0) is 18.2. The molecule has 0 atom stereocenters. The Morgan fingerprint density at radius 1 is 1.28 bits per heavy atom. The van der Waals surface area contributed by atoms with Crippen molar-refractivity contribution >= 4 is 5.91 Å². The number of benzene rings is 1. The first-order chi connectivity index (χ1) is 12.0. The van der Waals surface area contributed by atoms with Gasteiger partial charge in [-0.15, -0.1) is 0 Å². The molecular formula is C19H27N3O3. The van der Waals surface area contributed by atoms with Crippen LogP contribution in [0.3, 0.4) is 0 Å². The smallest absolute Gasteiger partial charge is 0.227 e. The van der Waals surface area contributed by atoms with Crippen LogP contribution in [0.25, 0.3) is 11.4 Å². The lowest BCUT2D eigenvalue weighted by Gasteiger charge is -2.16. The molecule has 0 N–H and O–H groups in total. The molecule has 136 valence electrons. The number of nitrogens with zero attached hydrogens (tertiary/aromatic N) is 3. The van der Waals surface area contributed by atoms with Gasteiger partial charge in [-0.2, -0.15) is 4.98 Å². The second kappa shape index (κ2) is 9.32. The van der Waals surface area contributed by atoms with Gasteiger partial charge in [0.2, 0.25) is 17.6 Å². The highest BCUT2D eigenvalue weighted by molar-refractivity contribution is 5.76. The van der Waals surface area contributed by atoms with Crippen molar-refractivity contribution in [3.8, 4) is 11.4 Å². The molecule has 2 rings (SSSR count). The topological polar surface area (TPSA) is 68.5 Å². The molecule has 0 fully saturated rings. The lowest BCUT2D eigenvalue weighted by Crippen LogP contribution is -2.30. The van der Waals surface area contributed by atoms with Gasteiger partial charge < -0.3 is 14.2 Å². The first-order valence-corrected chi connectivity index (χ1v) is 8.75. The van der Waals surface area contributed by atoms with E-state index >= 15 is 0 Å². The van der Waals surface area contributed by atoms with Gasteiger partial charge >= 0.3 is 0 Å². The largest absolute Gasteiger partial charge is 0.380 e. The number of rotatable bonds is 9. The molecule has 6 heteroatoms. The number of likely N-dealkylation sites (N-methyl/N-ethyl adjacent to an activating group) is 1. The van der Waals surface area contributed by atoms with Crippen LogP contribution in [0.4, 0.5) is 0 Å². The van der Waals surface area contributed by atoms with Gasteiger partial charge in [0.25, 0.3) is 0 Å². The summed E-state index contributed by atoms with van der Waals surface area (Å²) in [6, 6.07) is 8.15. The van der Waals surface area contributed by atoms with Crippen LogP contribution in [-0.4, -0.2) is 47.8 Å². The van der Waals surface area contributed by atoms with E-state index in [4.69, 9.17) is 9.26 Å². The van der Waals surface area contributed by atoms with E-state index in [1.807, 2.05) is 19.1 Å². The molecule has 0 saturated heterocycles. The van der Waals surface area contributed by atoms with E-state index in [0.29, 0.717) is 50.2 Å². The standard InChI is InChI=1S/C19H27N3O3/c1-5-24-13-12-22(4)18(23)11-10-17-20-19(21-25-17)16-8-6-15(7-9-16)14(2)3/h6-9,14H,5,10-13H2,1-4H3. The molecule has 0 unspecified atom stereocenters. The third-order valence-electron chi connectivity index (χ3n) is 4.06. The first-order valence-electron chi connectivity index (χ1n) is 8.75. The van der Waals surface area contributed by atoms with Gasteiger partial charge in [0.1, 0.15) is 0 Å². The predicted molar refractivity (Wildman–Crippen MR) is 96.3 cm³/mol. The number of amides is 1. The Balaban J connectivity index is 1.87. The molecule has 1 heterocycles. The summed E-state index contributed by atoms with van der Waals surface area (Å²) in [7, 11) is 1.77. The highest BCUT2D eigenvalue weighted by Gasteiger charge is 2.13.